The summed E-state index contributed by atoms with van der Waals surface area (Å²) in [4.78, 5) is 3.99. The van der Waals surface area contributed by atoms with Crippen LogP contribution in [0.5, 0.6) is 0 Å². The van der Waals surface area contributed by atoms with Crippen molar-refractivity contribution >= 4 is 0 Å². The largest absolute Gasteiger partial charge is 0.315 e. The van der Waals surface area contributed by atoms with E-state index < -0.39 is 0 Å². The van der Waals surface area contributed by atoms with E-state index in [9.17, 15) is 0 Å². The van der Waals surface area contributed by atoms with Crippen LogP contribution in [-0.2, 0) is 0 Å². The van der Waals surface area contributed by atoms with Gasteiger partial charge in [-0.05, 0) is 31.3 Å². The van der Waals surface area contributed by atoms with Crippen molar-refractivity contribution in [3.05, 3.63) is 30.1 Å². The number of aromatic nitrogens is 1. The van der Waals surface area contributed by atoms with E-state index in [0.29, 0.717) is 6.04 Å². The molecule has 0 aliphatic carbocycles. The minimum absolute atomic E-state index is 0.378. The normalized spacial score (nSPS) is 12.8. The Morgan fingerprint density at radius 2 is 2.08 bits per heavy atom. The van der Waals surface area contributed by atoms with Crippen LogP contribution in [-0.4, -0.2) is 25.1 Å². The summed E-state index contributed by atoms with van der Waals surface area (Å²) in [7, 11) is 1.97. The first-order valence-corrected chi connectivity index (χ1v) is 4.66. The zero-order valence-corrected chi connectivity index (χ0v) is 8.25. The van der Waals surface area contributed by atoms with Gasteiger partial charge >= 0.3 is 0 Å². The van der Waals surface area contributed by atoms with E-state index in [-0.39, 0.29) is 0 Å². The summed E-state index contributed by atoms with van der Waals surface area (Å²) in [6.45, 7) is 4.07. The molecule has 1 unspecified atom stereocenters. The molecule has 1 aromatic heterocycles. The van der Waals surface area contributed by atoms with Gasteiger partial charge in [0.05, 0.1) is 0 Å². The van der Waals surface area contributed by atoms with Crippen LogP contribution in [0.15, 0.2) is 24.5 Å². The zero-order valence-electron chi connectivity index (χ0n) is 8.25. The molecule has 1 rings (SSSR count). The summed E-state index contributed by atoms with van der Waals surface area (Å²) in [6, 6.07) is 4.46. The molecular formula is C10H17N3. The fourth-order valence-corrected chi connectivity index (χ4v) is 1.27. The number of pyridine rings is 1. The summed E-state index contributed by atoms with van der Waals surface area (Å²) >= 11 is 0. The maximum Gasteiger partial charge on any atom is 0.0445 e. The maximum atomic E-state index is 3.99. The van der Waals surface area contributed by atoms with Crippen LogP contribution in [0.25, 0.3) is 0 Å². The fourth-order valence-electron chi connectivity index (χ4n) is 1.27. The van der Waals surface area contributed by atoms with Gasteiger partial charge in [0, 0.05) is 25.0 Å². The molecule has 0 fully saturated rings. The van der Waals surface area contributed by atoms with Crippen LogP contribution >= 0.6 is 0 Å². The molecule has 1 heterocycles. The number of rotatable bonds is 5. The lowest BCUT2D eigenvalue weighted by atomic mass is 10.1. The number of nitrogens with zero attached hydrogens (tertiary/aromatic N) is 1. The second-order valence-electron chi connectivity index (χ2n) is 2.93. The van der Waals surface area contributed by atoms with Crippen LogP contribution in [0.1, 0.15) is 18.5 Å². The van der Waals surface area contributed by atoms with Gasteiger partial charge in [-0.1, -0.05) is 6.92 Å². The second kappa shape index (κ2) is 5.67. The molecule has 0 aliphatic heterocycles. The maximum absolute atomic E-state index is 3.99. The van der Waals surface area contributed by atoms with E-state index in [2.05, 4.69) is 22.5 Å². The molecular weight excluding hydrogens is 162 g/mol. The highest BCUT2D eigenvalue weighted by Gasteiger charge is 2.06. The highest BCUT2D eigenvalue weighted by molar-refractivity contribution is 5.15. The van der Waals surface area contributed by atoms with Crippen LogP contribution < -0.4 is 10.6 Å². The van der Waals surface area contributed by atoms with E-state index in [1.165, 1.54) is 5.56 Å². The van der Waals surface area contributed by atoms with E-state index in [4.69, 9.17) is 0 Å². The van der Waals surface area contributed by atoms with Crippen molar-refractivity contribution in [2.45, 2.75) is 13.0 Å². The van der Waals surface area contributed by atoms with Gasteiger partial charge in [-0.3, -0.25) is 4.98 Å². The molecule has 0 aromatic carbocycles. The van der Waals surface area contributed by atoms with Crippen molar-refractivity contribution in [1.82, 2.24) is 15.6 Å². The number of likely N-dealkylation sites (N-methyl/N-ethyl adjacent to an activating group) is 2. The minimum Gasteiger partial charge on any atom is -0.315 e. The first-order valence-electron chi connectivity index (χ1n) is 4.66. The van der Waals surface area contributed by atoms with Crippen molar-refractivity contribution in [3.63, 3.8) is 0 Å². The molecule has 0 spiro atoms. The molecule has 3 nitrogen and oxygen atoms in total. The smallest absolute Gasteiger partial charge is 0.0445 e. The van der Waals surface area contributed by atoms with Gasteiger partial charge in [0.15, 0.2) is 0 Å². The molecule has 0 saturated heterocycles. The zero-order chi connectivity index (χ0) is 9.52. The lowest BCUT2D eigenvalue weighted by Gasteiger charge is -2.16. The van der Waals surface area contributed by atoms with Crippen molar-refractivity contribution in [2.75, 3.05) is 20.1 Å². The Balaban J connectivity index is 2.56. The average molecular weight is 179 g/mol. The molecule has 0 saturated carbocycles. The summed E-state index contributed by atoms with van der Waals surface area (Å²) in [5.41, 5.74) is 1.28. The summed E-state index contributed by atoms with van der Waals surface area (Å²) in [5, 5.41) is 6.58. The van der Waals surface area contributed by atoms with E-state index in [1.54, 1.807) is 0 Å². The number of nitrogens with one attached hydrogen (secondary N) is 2. The predicted molar refractivity (Wildman–Crippen MR) is 54.6 cm³/mol. The Bertz CT molecular complexity index is 223. The minimum atomic E-state index is 0.378. The van der Waals surface area contributed by atoms with Crippen LogP contribution in [0, 0.1) is 0 Å². The van der Waals surface area contributed by atoms with Crippen LogP contribution in [0.2, 0.25) is 0 Å². The highest BCUT2D eigenvalue weighted by atomic mass is 15.0. The van der Waals surface area contributed by atoms with Gasteiger partial charge in [0.2, 0.25) is 0 Å². The van der Waals surface area contributed by atoms with E-state index >= 15 is 0 Å². The third-order valence-electron chi connectivity index (χ3n) is 2.06. The Kier molecular flexibility index (Phi) is 4.43. The molecule has 1 aromatic rings. The van der Waals surface area contributed by atoms with Crippen molar-refractivity contribution in [1.29, 1.82) is 0 Å². The average Bonchev–Trinajstić information content (AvgIpc) is 2.21. The quantitative estimate of drug-likeness (QED) is 0.706. The third kappa shape index (κ3) is 3.13. The Labute approximate surface area is 79.6 Å². The molecule has 0 radical (unpaired) electrons. The van der Waals surface area contributed by atoms with E-state index in [1.807, 2.05) is 31.6 Å². The lowest BCUT2D eigenvalue weighted by molar-refractivity contribution is 0.538. The first-order chi connectivity index (χ1) is 6.38. The van der Waals surface area contributed by atoms with Gasteiger partial charge in [-0.2, -0.15) is 0 Å². The van der Waals surface area contributed by atoms with Gasteiger partial charge < -0.3 is 10.6 Å². The molecule has 3 heteroatoms. The molecule has 0 aliphatic rings. The van der Waals surface area contributed by atoms with Gasteiger partial charge in [-0.25, -0.2) is 0 Å². The summed E-state index contributed by atoms with van der Waals surface area (Å²) in [5.74, 6) is 0. The van der Waals surface area contributed by atoms with Crippen LogP contribution in [0.4, 0.5) is 0 Å². The Hall–Kier alpha value is -0.930. The van der Waals surface area contributed by atoms with Gasteiger partial charge in [0.1, 0.15) is 0 Å². The van der Waals surface area contributed by atoms with Crippen molar-refractivity contribution in [2.24, 2.45) is 0 Å². The monoisotopic (exact) mass is 179 g/mol. The predicted octanol–water partition coefficient (Wildman–Crippen LogP) is 0.952. The molecule has 13 heavy (non-hydrogen) atoms. The second-order valence-corrected chi connectivity index (χ2v) is 2.93. The number of hydrogen-bond donors (Lipinski definition) is 2. The lowest BCUT2D eigenvalue weighted by Crippen LogP contribution is -2.29. The number of hydrogen-bond acceptors (Lipinski definition) is 3. The molecule has 0 amide bonds. The molecule has 72 valence electrons. The van der Waals surface area contributed by atoms with Gasteiger partial charge in [0.25, 0.3) is 0 Å². The Morgan fingerprint density at radius 1 is 1.38 bits per heavy atom. The molecule has 0 bridgehead atoms. The third-order valence-corrected chi connectivity index (χ3v) is 2.06. The van der Waals surface area contributed by atoms with Crippen molar-refractivity contribution < 1.29 is 0 Å². The standard InChI is InChI=1S/C10H17N3/c1-3-12-8-10(11-2)9-4-6-13-7-5-9/h4-7,10-12H,3,8H2,1-2H3. The molecule has 1 atom stereocenters. The van der Waals surface area contributed by atoms with Crippen molar-refractivity contribution in [3.8, 4) is 0 Å². The van der Waals surface area contributed by atoms with Crippen LogP contribution in [0.3, 0.4) is 0 Å². The SMILES string of the molecule is CCNCC(NC)c1ccncc1. The fraction of sp³-hybridized carbons (Fsp3) is 0.500. The Morgan fingerprint density at radius 3 is 2.62 bits per heavy atom. The van der Waals surface area contributed by atoms with E-state index in [0.717, 1.165) is 13.1 Å². The highest BCUT2D eigenvalue weighted by Crippen LogP contribution is 2.08. The molecule has 2 N–H and O–H groups in total. The topological polar surface area (TPSA) is 37.0 Å². The summed E-state index contributed by atoms with van der Waals surface area (Å²) in [6.07, 6.45) is 3.65. The van der Waals surface area contributed by atoms with Gasteiger partial charge in [-0.15, -0.1) is 0 Å². The summed E-state index contributed by atoms with van der Waals surface area (Å²) < 4.78 is 0. The first kappa shape index (κ1) is 10.2.